The van der Waals surface area contributed by atoms with E-state index in [1.54, 1.807) is 22.9 Å². The van der Waals surface area contributed by atoms with E-state index in [2.05, 4.69) is 20.8 Å². The van der Waals surface area contributed by atoms with Gasteiger partial charge in [-0.2, -0.15) is 5.10 Å². The number of aromatic nitrogens is 3. The molecule has 0 unspecified atom stereocenters. The fourth-order valence-electron chi connectivity index (χ4n) is 2.13. The van der Waals surface area contributed by atoms with Crippen LogP contribution in [0.4, 0.5) is 0 Å². The Bertz CT molecular complexity index is 906. The van der Waals surface area contributed by atoms with Crippen LogP contribution < -0.4 is 5.43 Å². The Labute approximate surface area is 148 Å². The summed E-state index contributed by atoms with van der Waals surface area (Å²) in [4.78, 5) is 11.9. The molecule has 24 heavy (non-hydrogen) atoms. The molecule has 0 radical (unpaired) electrons. The Morgan fingerprint density at radius 1 is 1.25 bits per heavy atom. The maximum atomic E-state index is 11.9. The number of carbonyl (C=O) groups excluding carboxylic acids is 1. The summed E-state index contributed by atoms with van der Waals surface area (Å²) in [6, 6.07) is 12.6. The fraction of sp³-hybridized carbons (Fsp3) is 0.125. The lowest BCUT2D eigenvalue weighted by molar-refractivity contribution is -0.121. The molecular formula is C16H13Cl2N5O. The zero-order valence-electron chi connectivity index (χ0n) is 12.5. The second kappa shape index (κ2) is 7.42. The van der Waals surface area contributed by atoms with Gasteiger partial charge in [0.15, 0.2) is 0 Å². The van der Waals surface area contributed by atoms with Crippen LogP contribution in [-0.4, -0.2) is 27.1 Å². The summed E-state index contributed by atoms with van der Waals surface area (Å²) in [7, 11) is 0. The quantitative estimate of drug-likeness (QED) is 0.559. The van der Waals surface area contributed by atoms with Crippen molar-refractivity contribution in [2.24, 2.45) is 5.10 Å². The second-order valence-corrected chi connectivity index (χ2v) is 5.85. The van der Waals surface area contributed by atoms with Gasteiger partial charge >= 0.3 is 0 Å². The van der Waals surface area contributed by atoms with Crippen molar-refractivity contribution in [2.45, 2.75) is 13.0 Å². The normalized spacial score (nSPS) is 11.2. The Morgan fingerprint density at radius 3 is 2.92 bits per heavy atom. The van der Waals surface area contributed by atoms with Crippen molar-refractivity contribution < 1.29 is 4.79 Å². The predicted octanol–water partition coefficient (Wildman–Crippen LogP) is 3.28. The highest BCUT2D eigenvalue weighted by atomic mass is 35.5. The molecule has 0 fully saturated rings. The highest BCUT2D eigenvalue weighted by Crippen LogP contribution is 2.19. The molecule has 1 aromatic heterocycles. The molecule has 122 valence electrons. The number of halogens is 2. The standard InChI is InChI=1S/C16H13Cl2N5O/c17-12-6-5-11(13(18)9-12)10-19-21-16(24)7-8-23-15-4-2-1-3-14(15)20-22-23/h1-6,9-10H,7-8H2,(H,21,24)/b19-10+. The van der Waals surface area contributed by atoms with Gasteiger partial charge in [0.25, 0.3) is 0 Å². The van der Waals surface area contributed by atoms with Gasteiger partial charge in [0.1, 0.15) is 5.52 Å². The SMILES string of the molecule is O=C(CCn1nnc2ccccc21)N/N=C/c1ccc(Cl)cc1Cl. The summed E-state index contributed by atoms with van der Waals surface area (Å²) in [6.45, 7) is 0.420. The lowest BCUT2D eigenvalue weighted by Crippen LogP contribution is -2.19. The maximum absolute atomic E-state index is 11.9. The zero-order chi connectivity index (χ0) is 16.9. The van der Waals surface area contributed by atoms with Crippen molar-refractivity contribution >= 4 is 46.4 Å². The number of hydrazone groups is 1. The van der Waals surface area contributed by atoms with Crippen LogP contribution in [0.2, 0.25) is 10.0 Å². The van der Waals surface area contributed by atoms with E-state index >= 15 is 0 Å². The van der Waals surface area contributed by atoms with E-state index in [1.807, 2.05) is 24.3 Å². The number of fused-ring (bicyclic) bond motifs is 1. The number of amides is 1. The van der Waals surface area contributed by atoms with E-state index in [4.69, 9.17) is 23.2 Å². The molecule has 0 saturated heterocycles. The van der Waals surface area contributed by atoms with E-state index in [0.29, 0.717) is 22.2 Å². The molecule has 1 amide bonds. The molecule has 6 nitrogen and oxygen atoms in total. The van der Waals surface area contributed by atoms with Crippen LogP contribution in [0.15, 0.2) is 47.6 Å². The zero-order valence-corrected chi connectivity index (χ0v) is 14.0. The van der Waals surface area contributed by atoms with Gasteiger partial charge in [0.05, 0.1) is 23.3 Å². The minimum atomic E-state index is -0.226. The van der Waals surface area contributed by atoms with Crippen LogP contribution in [0.1, 0.15) is 12.0 Å². The summed E-state index contributed by atoms with van der Waals surface area (Å²) in [5.41, 5.74) is 4.82. The number of aryl methyl sites for hydroxylation is 1. The van der Waals surface area contributed by atoms with Crippen molar-refractivity contribution in [2.75, 3.05) is 0 Å². The monoisotopic (exact) mass is 361 g/mol. The smallest absolute Gasteiger partial charge is 0.241 e. The Hall–Kier alpha value is -2.44. The Morgan fingerprint density at radius 2 is 2.08 bits per heavy atom. The van der Waals surface area contributed by atoms with Gasteiger partial charge in [-0.15, -0.1) is 5.10 Å². The number of para-hydroxylation sites is 1. The molecule has 0 saturated carbocycles. The van der Waals surface area contributed by atoms with Gasteiger partial charge in [-0.05, 0) is 24.3 Å². The lowest BCUT2D eigenvalue weighted by Gasteiger charge is -2.02. The van der Waals surface area contributed by atoms with Crippen molar-refractivity contribution in [1.82, 2.24) is 20.4 Å². The molecule has 0 aliphatic rings. The molecule has 8 heteroatoms. The lowest BCUT2D eigenvalue weighted by atomic mass is 10.2. The number of nitrogens with zero attached hydrogens (tertiary/aromatic N) is 4. The third-order valence-electron chi connectivity index (χ3n) is 3.33. The van der Waals surface area contributed by atoms with Crippen LogP contribution in [0, 0.1) is 0 Å². The van der Waals surface area contributed by atoms with Crippen LogP contribution in [0.3, 0.4) is 0 Å². The largest absolute Gasteiger partial charge is 0.273 e. The molecule has 0 atom stereocenters. The Balaban J connectivity index is 1.55. The molecular weight excluding hydrogens is 349 g/mol. The summed E-state index contributed by atoms with van der Waals surface area (Å²) in [6.07, 6.45) is 1.71. The van der Waals surface area contributed by atoms with Gasteiger partial charge in [-0.3, -0.25) is 4.79 Å². The predicted molar refractivity (Wildman–Crippen MR) is 94.3 cm³/mol. The van der Waals surface area contributed by atoms with Gasteiger partial charge < -0.3 is 0 Å². The van der Waals surface area contributed by atoms with Gasteiger partial charge in [-0.25, -0.2) is 10.1 Å². The number of hydrogen-bond acceptors (Lipinski definition) is 4. The van der Waals surface area contributed by atoms with E-state index in [0.717, 1.165) is 11.0 Å². The first-order valence-corrected chi connectivity index (χ1v) is 7.94. The highest BCUT2D eigenvalue weighted by Gasteiger charge is 2.06. The fourth-order valence-corrected chi connectivity index (χ4v) is 2.58. The molecule has 3 aromatic rings. The summed E-state index contributed by atoms with van der Waals surface area (Å²) < 4.78 is 1.69. The molecule has 1 heterocycles. The average molecular weight is 362 g/mol. The van der Waals surface area contributed by atoms with Crippen LogP contribution >= 0.6 is 23.2 Å². The van der Waals surface area contributed by atoms with Crippen molar-refractivity contribution in [3.63, 3.8) is 0 Å². The van der Waals surface area contributed by atoms with E-state index in [9.17, 15) is 4.79 Å². The number of benzene rings is 2. The molecule has 0 aliphatic carbocycles. The van der Waals surface area contributed by atoms with Crippen LogP contribution in [0.5, 0.6) is 0 Å². The van der Waals surface area contributed by atoms with Crippen LogP contribution in [0.25, 0.3) is 11.0 Å². The number of hydrogen-bond donors (Lipinski definition) is 1. The first-order valence-electron chi connectivity index (χ1n) is 7.18. The Kier molecular flexibility index (Phi) is 5.08. The number of nitrogens with one attached hydrogen (secondary N) is 1. The van der Waals surface area contributed by atoms with Gasteiger partial charge in [-0.1, -0.05) is 46.6 Å². The summed E-state index contributed by atoms with van der Waals surface area (Å²) in [5, 5.41) is 13.0. The van der Waals surface area contributed by atoms with Crippen molar-refractivity contribution in [3.8, 4) is 0 Å². The van der Waals surface area contributed by atoms with Gasteiger partial charge in [0.2, 0.25) is 5.91 Å². The summed E-state index contributed by atoms with van der Waals surface area (Å²) >= 11 is 11.8. The molecule has 0 spiro atoms. The minimum absolute atomic E-state index is 0.226. The molecule has 1 N–H and O–H groups in total. The van der Waals surface area contributed by atoms with Crippen molar-refractivity contribution in [3.05, 3.63) is 58.1 Å². The average Bonchev–Trinajstić information content (AvgIpc) is 2.98. The van der Waals surface area contributed by atoms with E-state index < -0.39 is 0 Å². The number of carbonyl (C=O) groups is 1. The van der Waals surface area contributed by atoms with E-state index in [-0.39, 0.29) is 12.3 Å². The third kappa shape index (κ3) is 3.90. The third-order valence-corrected chi connectivity index (χ3v) is 3.89. The molecule has 0 aliphatic heterocycles. The summed E-state index contributed by atoms with van der Waals surface area (Å²) in [5.74, 6) is -0.226. The number of rotatable bonds is 5. The highest BCUT2D eigenvalue weighted by molar-refractivity contribution is 6.36. The molecule has 2 aromatic carbocycles. The first-order chi connectivity index (χ1) is 11.6. The maximum Gasteiger partial charge on any atom is 0.241 e. The van der Waals surface area contributed by atoms with Gasteiger partial charge in [0, 0.05) is 17.0 Å². The topological polar surface area (TPSA) is 72.2 Å². The van der Waals surface area contributed by atoms with Crippen LogP contribution in [-0.2, 0) is 11.3 Å². The van der Waals surface area contributed by atoms with E-state index in [1.165, 1.54) is 6.21 Å². The molecule has 0 bridgehead atoms. The minimum Gasteiger partial charge on any atom is -0.273 e. The first kappa shape index (κ1) is 16.4. The van der Waals surface area contributed by atoms with Crippen molar-refractivity contribution in [1.29, 1.82) is 0 Å². The molecule has 3 rings (SSSR count). The second-order valence-electron chi connectivity index (χ2n) is 5.01.